The minimum atomic E-state index is -2.16. The molecule has 1 saturated heterocycles. The molecule has 0 radical (unpaired) electrons. The first-order chi connectivity index (χ1) is 11.1. The van der Waals surface area contributed by atoms with Crippen molar-refractivity contribution in [1.82, 2.24) is 0 Å². The second-order valence-corrected chi connectivity index (χ2v) is 13.8. The van der Waals surface area contributed by atoms with Crippen molar-refractivity contribution < 1.29 is 23.7 Å². The Kier molecular flexibility index (Phi) is 6.04. The molecule has 144 valence electrons. The van der Waals surface area contributed by atoms with Gasteiger partial charge in [0.15, 0.2) is 14.4 Å². The fourth-order valence-corrected chi connectivity index (χ4v) is 4.49. The van der Waals surface area contributed by atoms with E-state index < -0.39 is 36.9 Å². The van der Waals surface area contributed by atoms with Crippen LogP contribution in [0.2, 0.25) is 18.1 Å². The smallest absolute Gasteiger partial charge is 0.434 e. The molecule has 25 heavy (non-hydrogen) atoms. The van der Waals surface area contributed by atoms with E-state index in [1.807, 2.05) is 13.8 Å². The summed E-state index contributed by atoms with van der Waals surface area (Å²) in [6, 6.07) is -0.613. The lowest BCUT2D eigenvalue weighted by atomic mass is 9.98. The van der Waals surface area contributed by atoms with E-state index in [0.717, 1.165) is 0 Å². The van der Waals surface area contributed by atoms with Gasteiger partial charge in [-0.25, -0.2) is 0 Å². The van der Waals surface area contributed by atoms with Crippen molar-refractivity contribution >= 4 is 14.4 Å². The molecule has 0 bridgehead atoms. The van der Waals surface area contributed by atoms with Crippen LogP contribution in [0.3, 0.4) is 0 Å². The highest BCUT2D eigenvalue weighted by Gasteiger charge is 2.66. The van der Waals surface area contributed by atoms with Gasteiger partial charge in [0.25, 0.3) is 0 Å². The van der Waals surface area contributed by atoms with E-state index in [9.17, 15) is 9.90 Å². The lowest BCUT2D eigenvalue weighted by Crippen LogP contribution is -2.66. The SMILES string of the molecule is CC(C)C(O[Si](C)(C)C(C)(C)C)C1COC(C)(C)[N+]1(N=[N+]=[N-])C(=O)O. The normalized spacial score (nSPS) is 27.8. The van der Waals surface area contributed by atoms with Gasteiger partial charge in [-0.2, -0.15) is 4.79 Å². The molecule has 0 aromatic heterocycles. The standard InChI is InChI=1S/C16H32N4O4Si/c1-11(2)13(24-25(8,9)15(3,4)5)12-10-23-16(6,7)20(12,14(21)22)19-18-17/h11-13H,10H2,1-9H3/p+1. The van der Waals surface area contributed by atoms with Gasteiger partial charge in [0.05, 0.1) is 4.91 Å². The highest BCUT2D eigenvalue weighted by molar-refractivity contribution is 6.74. The monoisotopic (exact) mass is 373 g/mol. The molecule has 1 amide bonds. The predicted molar refractivity (Wildman–Crippen MR) is 98.2 cm³/mol. The number of carbonyl (C=O) groups is 1. The molecular formula is C16H33N4O4Si+. The highest BCUT2D eigenvalue weighted by Crippen LogP contribution is 2.44. The van der Waals surface area contributed by atoms with E-state index in [1.165, 1.54) is 0 Å². The third-order valence-electron chi connectivity index (χ3n) is 5.65. The summed E-state index contributed by atoms with van der Waals surface area (Å²) in [4.78, 5) is 15.0. The molecule has 0 aromatic rings. The Balaban J connectivity index is 3.45. The van der Waals surface area contributed by atoms with Crippen molar-refractivity contribution in [2.45, 2.75) is 84.5 Å². The van der Waals surface area contributed by atoms with Crippen molar-refractivity contribution in [3.05, 3.63) is 10.4 Å². The quantitative estimate of drug-likeness (QED) is 0.243. The van der Waals surface area contributed by atoms with Gasteiger partial charge in [0, 0.05) is 19.4 Å². The van der Waals surface area contributed by atoms with Gasteiger partial charge < -0.3 is 14.3 Å². The minimum Gasteiger partial charge on any atom is -0.434 e. The molecule has 1 heterocycles. The molecule has 3 unspecified atom stereocenters. The molecule has 1 fully saturated rings. The van der Waals surface area contributed by atoms with Crippen molar-refractivity contribution in [3.63, 3.8) is 0 Å². The Morgan fingerprint density at radius 1 is 1.44 bits per heavy atom. The second kappa shape index (κ2) is 6.89. The van der Waals surface area contributed by atoms with Crippen molar-refractivity contribution in [3.8, 4) is 0 Å². The molecule has 1 aliphatic heterocycles. The van der Waals surface area contributed by atoms with Gasteiger partial charge in [-0.3, -0.25) is 0 Å². The largest absolute Gasteiger partial charge is 0.532 e. The van der Waals surface area contributed by atoms with E-state index in [4.69, 9.17) is 14.7 Å². The van der Waals surface area contributed by atoms with Gasteiger partial charge in [-0.05, 0) is 24.1 Å². The maximum absolute atomic E-state index is 12.2. The fourth-order valence-electron chi connectivity index (χ4n) is 3.03. The zero-order valence-electron chi connectivity index (χ0n) is 16.9. The number of hydrogen-bond acceptors (Lipinski definition) is 4. The molecule has 1 aliphatic rings. The lowest BCUT2D eigenvalue weighted by Gasteiger charge is -2.44. The Morgan fingerprint density at radius 2 is 1.96 bits per heavy atom. The summed E-state index contributed by atoms with van der Waals surface area (Å²) in [7, 11) is -2.16. The van der Waals surface area contributed by atoms with Crippen LogP contribution in [0.1, 0.15) is 48.5 Å². The molecule has 1 N–H and O–H groups in total. The summed E-state index contributed by atoms with van der Waals surface area (Å²) in [5.74, 6) is 0.0439. The van der Waals surface area contributed by atoms with E-state index in [-0.39, 0.29) is 17.6 Å². The molecule has 1 rings (SSSR count). The number of nitrogens with zero attached hydrogens (tertiary/aromatic N) is 4. The fraction of sp³-hybridized carbons (Fsp3) is 0.938. The Hall–Kier alpha value is -1.12. The molecule has 0 saturated carbocycles. The molecule has 8 nitrogen and oxygen atoms in total. The van der Waals surface area contributed by atoms with Crippen LogP contribution in [0.4, 0.5) is 4.79 Å². The van der Waals surface area contributed by atoms with Crippen molar-refractivity contribution in [1.29, 1.82) is 0 Å². The Labute approximate surface area is 151 Å². The molecule has 0 aromatic carbocycles. The number of quaternary nitrogens is 1. The van der Waals surface area contributed by atoms with Crippen LogP contribution < -0.4 is 0 Å². The van der Waals surface area contributed by atoms with Crippen molar-refractivity contribution in [2.75, 3.05) is 6.61 Å². The molecule has 3 atom stereocenters. The van der Waals surface area contributed by atoms with Crippen LogP contribution in [-0.4, -0.2) is 48.6 Å². The first-order valence-corrected chi connectivity index (χ1v) is 11.6. The van der Waals surface area contributed by atoms with Crippen LogP contribution in [-0.2, 0) is 9.16 Å². The molecule has 0 spiro atoms. The topological polar surface area (TPSA) is 105 Å². The Morgan fingerprint density at radius 3 is 2.32 bits per heavy atom. The van der Waals surface area contributed by atoms with E-state index in [2.05, 4.69) is 44.0 Å². The number of amides is 1. The van der Waals surface area contributed by atoms with Crippen LogP contribution >= 0.6 is 0 Å². The van der Waals surface area contributed by atoms with Gasteiger partial charge in [-0.1, -0.05) is 39.2 Å². The maximum Gasteiger partial charge on any atom is 0.532 e. The zero-order chi connectivity index (χ0) is 19.8. The summed E-state index contributed by atoms with van der Waals surface area (Å²) in [6.45, 7) is 18.1. The molecular weight excluding hydrogens is 340 g/mol. The van der Waals surface area contributed by atoms with Crippen LogP contribution in [0, 0.1) is 5.92 Å². The average Bonchev–Trinajstić information content (AvgIpc) is 2.68. The maximum atomic E-state index is 12.2. The number of carboxylic acid groups (broad SMARTS) is 1. The van der Waals surface area contributed by atoms with E-state index in [0.29, 0.717) is 0 Å². The van der Waals surface area contributed by atoms with Gasteiger partial charge in [0.2, 0.25) is 5.72 Å². The molecule has 0 aliphatic carbocycles. The third-order valence-corrected chi connectivity index (χ3v) is 10.1. The number of ether oxygens (including phenoxy) is 1. The number of rotatable bonds is 5. The summed E-state index contributed by atoms with van der Waals surface area (Å²) in [6.07, 6.45) is -1.63. The summed E-state index contributed by atoms with van der Waals surface area (Å²) >= 11 is 0. The summed E-state index contributed by atoms with van der Waals surface area (Å²) in [5.41, 5.74) is 7.89. The van der Waals surface area contributed by atoms with Gasteiger partial charge >= 0.3 is 6.09 Å². The van der Waals surface area contributed by atoms with Crippen LogP contribution in [0.5, 0.6) is 0 Å². The van der Waals surface area contributed by atoms with Crippen LogP contribution in [0.15, 0.2) is 5.22 Å². The van der Waals surface area contributed by atoms with E-state index >= 15 is 0 Å². The predicted octanol–water partition coefficient (Wildman–Crippen LogP) is 4.89. The minimum absolute atomic E-state index is 0.0213. The summed E-state index contributed by atoms with van der Waals surface area (Å²) in [5, 5.41) is 13.7. The second-order valence-electron chi connectivity index (χ2n) is 9.06. The van der Waals surface area contributed by atoms with Gasteiger partial charge in [0.1, 0.15) is 17.9 Å². The lowest BCUT2D eigenvalue weighted by molar-refractivity contribution is -0.938. The highest BCUT2D eigenvalue weighted by atomic mass is 28.4. The Bertz CT molecular complexity index is 563. The average molecular weight is 374 g/mol. The van der Waals surface area contributed by atoms with E-state index in [1.54, 1.807) is 13.8 Å². The van der Waals surface area contributed by atoms with Gasteiger partial charge in [-0.15, -0.1) is 0 Å². The third kappa shape index (κ3) is 3.70. The van der Waals surface area contributed by atoms with Crippen molar-refractivity contribution in [2.24, 2.45) is 11.1 Å². The first-order valence-electron chi connectivity index (χ1n) is 8.65. The first kappa shape index (κ1) is 21.9. The number of azide groups is 1. The number of hydrogen-bond donors (Lipinski definition) is 1. The zero-order valence-corrected chi connectivity index (χ0v) is 17.9. The molecule has 9 heteroatoms. The summed E-state index contributed by atoms with van der Waals surface area (Å²) < 4.78 is 11.5. The van der Waals surface area contributed by atoms with Crippen LogP contribution in [0.25, 0.3) is 10.4 Å².